The minimum Gasteiger partial charge on any atom is -0.497 e. The van der Waals surface area contributed by atoms with Gasteiger partial charge in [-0.2, -0.15) is 0 Å². The largest absolute Gasteiger partial charge is 0.497 e. The van der Waals surface area contributed by atoms with E-state index in [4.69, 9.17) is 4.74 Å². The van der Waals surface area contributed by atoms with Crippen LogP contribution in [0.25, 0.3) is 6.08 Å². The number of amides is 2. The maximum absolute atomic E-state index is 13.4. The van der Waals surface area contributed by atoms with Gasteiger partial charge in [-0.3, -0.25) is 14.5 Å². The molecule has 2 aliphatic rings. The van der Waals surface area contributed by atoms with Crippen molar-refractivity contribution in [2.75, 3.05) is 24.8 Å². The van der Waals surface area contributed by atoms with Gasteiger partial charge < -0.3 is 9.64 Å². The Morgan fingerprint density at radius 2 is 1.97 bits per heavy atom. The summed E-state index contributed by atoms with van der Waals surface area (Å²) in [6.45, 7) is 4.30. The van der Waals surface area contributed by atoms with Crippen molar-refractivity contribution in [3.05, 3.63) is 65.4 Å². The van der Waals surface area contributed by atoms with E-state index in [0.29, 0.717) is 34.3 Å². The van der Waals surface area contributed by atoms with Crippen LogP contribution in [0.5, 0.6) is 5.75 Å². The Morgan fingerprint density at radius 1 is 1.24 bits per heavy atom. The molecule has 2 aromatic rings. The van der Waals surface area contributed by atoms with E-state index in [-0.39, 0.29) is 17.6 Å². The van der Waals surface area contributed by atoms with Crippen molar-refractivity contribution in [2.45, 2.75) is 38.6 Å². The lowest BCUT2D eigenvalue weighted by Crippen LogP contribution is -2.33. The number of carbonyl (C=O) groups excluding carboxylic acids is 2. The molecule has 0 radical (unpaired) electrons. The molecule has 0 saturated heterocycles. The second-order valence-electron chi connectivity index (χ2n) is 8.61. The van der Waals surface area contributed by atoms with E-state index in [1.54, 1.807) is 29.1 Å². The molecule has 4 rings (SSSR count). The van der Waals surface area contributed by atoms with E-state index in [9.17, 15) is 9.59 Å². The molecule has 6 nitrogen and oxygen atoms in total. The number of hydrogen-bond acceptors (Lipinski definition) is 5. The molecule has 0 spiro atoms. The topological polar surface area (TPSA) is 62.2 Å². The van der Waals surface area contributed by atoms with E-state index >= 15 is 0 Å². The van der Waals surface area contributed by atoms with Crippen molar-refractivity contribution in [3.8, 4) is 5.75 Å². The molecule has 172 valence electrons. The molecule has 33 heavy (non-hydrogen) atoms. The Labute approximate surface area is 199 Å². The van der Waals surface area contributed by atoms with Crippen LogP contribution in [0, 0.1) is 0 Å². The monoisotopic (exact) mass is 463 g/mol. The quantitative estimate of drug-likeness (QED) is 0.547. The Bertz CT molecular complexity index is 1100. The second-order valence-corrected chi connectivity index (χ2v) is 9.55. The number of nitrogens with zero attached hydrogens (tertiary/aromatic N) is 3. The van der Waals surface area contributed by atoms with Crippen LogP contribution in [0.15, 0.2) is 59.2 Å². The molecular formula is C26H29N3O3S. The number of benzene rings is 2. The number of thioether (sulfide) groups is 1. The third-order valence-corrected chi connectivity index (χ3v) is 6.78. The van der Waals surface area contributed by atoms with Crippen LogP contribution >= 0.6 is 11.8 Å². The van der Waals surface area contributed by atoms with Crippen molar-refractivity contribution < 1.29 is 14.3 Å². The Morgan fingerprint density at radius 3 is 2.61 bits per heavy atom. The third kappa shape index (κ3) is 5.30. The minimum atomic E-state index is -0.221. The van der Waals surface area contributed by atoms with Crippen molar-refractivity contribution >= 4 is 40.5 Å². The number of ether oxygens (including phenoxy) is 1. The summed E-state index contributed by atoms with van der Waals surface area (Å²) >= 11 is 1.29. The van der Waals surface area contributed by atoms with Gasteiger partial charge in [0.25, 0.3) is 5.91 Å². The molecule has 1 saturated carbocycles. The summed E-state index contributed by atoms with van der Waals surface area (Å²) in [6.07, 6.45) is 3.92. The SMILES string of the molecule is COc1cccc(N2C(=O)/C(=C/c3ccc(C(C)C)cc3)N=C2SCC(=O)N(C)C2CC2)c1. The number of carbonyl (C=O) groups is 2. The summed E-state index contributed by atoms with van der Waals surface area (Å²) in [6, 6.07) is 15.8. The molecule has 0 bridgehead atoms. The highest BCUT2D eigenvalue weighted by Gasteiger charge is 2.34. The lowest BCUT2D eigenvalue weighted by Gasteiger charge is -2.20. The van der Waals surface area contributed by atoms with Gasteiger partial charge >= 0.3 is 0 Å². The molecule has 2 aromatic carbocycles. The van der Waals surface area contributed by atoms with Gasteiger partial charge in [0.05, 0.1) is 18.6 Å². The molecule has 1 fully saturated rings. The molecule has 1 heterocycles. The van der Waals surface area contributed by atoms with Crippen LogP contribution in [-0.4, -0.2) is 47.8 Å². The van der Waals surface area contributed by atoms with Crippen molar-refractivity contribution in [1.29, 1.82) is 0 Å². The zero-order valence-electron chi connectivity index (χ0n) is 19.4. The van der Waals surface area contributed by atoms with E-state index in [1.807, 2.05) is 37.4 Å². The average Bonchev–Trinajstić information content (AvgIpc) is 3.62. The maximum Gasteiger partial charge on any atom is 0.283 e. The number of aliphatic imine (C=N–C) groups is 1. The average molecular weight is 464 g/mol. The van der Waals surface area contributed by atoms with Crippen molar-refractivity contribution in [3.63, 3.8) is 0 Å². The van der Waals surface area contributed by atoms with Crippen molar-refractivity contribution in [1.82, 2.24) is 4.90 Å². The van der Waals surface area contributed by atoms with Gasteiger partial charge in [0, 0.05) is 19.2 Å². The first-order valence-electron chi connectivity index (χ1n) is 11.1. The maximum atomic E-state index is 13.4. The van der Waals surface area contributed by atoms with Gasteiger partial charge in [0.1, 0.15) is 11.4 Å². The van der Waals surface area contributed by atoms with Gasteiger partial charge in [-0.1, -0.05) is 55.9 Å². The highest BCUT2D eigenvalue weighted by molar-refractivity contribution is 8.14. The second kappa shape index (κ2) is 9.83. The minimum absolute atomic E-state index is 0.0462. The standard InChI is InChI=1S/C26H29N3O3S/c1-17(2)19-10-8-18(9-11-19)14-23-25(31)29(21-6-5-7-22(15-21)32-4)26(27-23)33-16-24(30)28(3)20-12-13-20/h5-11,14-15,17,20H,12-13,16H2,1-4H3/b23-14-. The summed E-state index contributed by atoms with van der Waals surface area (Å²) in [5, 5.41) is 0.496. The van der Waals surface area contributed by atoms with E-state index in [0.717, 1.165) is 18.4 Å². The van der Waals surface area contributed by atoms with Crippen LogP contribution < -0.4 is 9.64 Å². The molecule has 2 amide bonds. The number of rotatable bonds is 7. The molecule has 0 aromatic heterocycles. The van der Waals surface area contributed by atoms with Crippen molar-refractivity contribution in [2.24, 2.45) is 4.99 Å². The summed E-state index contributed by atoms with van der Waals surface area (Å²) in [7, 11) is 3.43. The number of hydrogen-bond donors (Lipinski definition) is 0. The van der Waals surface area contributed by atoms with Crippen LogP contribution in [0.3, 0.4) is 0 Å². The summed E-state index contributed by atoms with van der Waals surface area (Å²) in [5.74, 6) is 1.15. The van der Waals surface area contributed by atoms with Gasteiger partial charge in [-0.05, 0) is 48.1 Å². The summed E-state index contributed by atoms with van der Waals surface area (Å²) in [5.41, 5.74) is 3.16. The molecule has 0 unspecified atom stereocenters. The van der Waals surface area contributed by atoms with Gasteiger partial charge in [0.2, 0.25) is 5.91 Å². The fourth-order valence-electron chi connectivity index (χ4n) is 3.60. The Hall–Kier alpha value is -3.06. The molecular weight excluding hydrogens is 434 g/mol. The molecule has 7 heteroatoms. The summed E-state index contributed by atoms with van der Waals surface area (Å²) in [4.78, 5) is 34.0. The lowest BCUT2D eigenvalue weighted by molar-refractivity contribution is -0.127. The molecule has 0 atom stereocenters. The number of methoxy groups -OCH3 is 1. The van der Waals surface area contributed by atoms with Crippen LogP contribution in [0.4, 0.5) is 5.69 Å². The normalized spacial score (nSPS) is 17.0. The third-order valence-electron chi connectivity index (χ3n) is 5.86. The van der Waals surface area contributed by atoms with E-state index in [1.165, 1.54) is 17.3 Å². The highest BCUT2D eigenvalue weighted by atomic mass is 32.2. The fraction of sp³-hybridized carbons (Fsp3) is 0.346. The first-order valence-corrected chi connectivity index (χ1v) is 12.1. The first kappa shape index (κ1) is 23.1. The zero-order chi connectivity index (χ0) is 23.5. The van der Waals surface area contributed by atoms with Gasteiger partial charge in [-0.25, -0.2) is 4.99 Å². The number of amidine groups is 1. The first-order chi connectivity index (χ1) is 15.9. The van der Waals surface area contributed by atoms with Gasteiger partial charge in [0.15, 0.2) is 5.17 Å². The van der Waals surface area contributed by atoms with Crippen LogP contribution in [0.2, 0.25) is 0 Å². The molecule has 1 aliphatic heterocycles. The lowest BCUT2D eigenvalue weighted by atomic mass is 10.0. The smallest absolute Gasteiger partial charge is 0.283 e. The zero-order valence-corrected chi connectivity index (χ0v) is 20.3. The molecule has 1 aliphatic carbocycles. The highest BCUT2D eigenvalue weighted by Crippen LogP contribution is 2.32. The Balaban J connectivity index is 1.61. The summed E-state index contributed by atoms with van der Waals surface area (Å²) < 4.78 is 5.34. The van der Waals surface area contributed by atoms with Crippen LogP contribution in [0.1, 0.15) is 43.7 Å². The predicted octanol–water partition coefficient (Wildman–Crippen LogP) is 4.92. The van der Waals surface area contributed by atoms with E-state index in [2.05, 4.69) is 31.0 Å². The van der Waals surface area contributed by atoms with E-state index < -0.39 is 0 Å². The van der Waals surface area contributed by atoms with Gasteiger partial charge in [-0.15, -0.1) is 0 Å². The molecule has 0 N–H and O–H groups in total. The number of anilines is 1. The fourth-order valence-corrected chi connectivity index (χ4v) is 4.54. The predicted molar refractivity (Wildman–Crippen MR) is 135 cm³/mol. The van der Waals surface area contributed by atoms with Crippen LogP contribution in [-0.2, 0) is 9.59 Å². The Kier molecular flexibility index (Phi) is 6.88.